The largest absolute Gasteiger partial charge is 0.389 e. The van der Waals surface area contributed by atoms with E-state index < -0.39 is 11.6 Å². The van der Waals surface area contributed by atoms with Crippen LogP contribution in [-0.4, -0.2) is 42.6 Å². The molecule has 104 valence electrons. The number of nitrogens with two attached hydrogens (primary N) is 1. The summed E-state index contributed by atoms with van der Waals surface area (Å²) in [5.74, 6) is -1.84. The van der Waals surface area contributed by atoms with Crippen LogP contribution in [-0.2, 0) is 0 Å². The minimum absolute atomic E-state index is 0.0435. The van der Waals surface area contributed by atoms with Crippen molar-refractivity contribution in [1.29, 1.82) is 0 Å². The predicted octanol–water partition coefficient (Wildman–Crippen LogP) is 1.74. The van der Waals surface area contributed by atoms with Crippen molar-refractivity contribution in [1.82, 2.24) is 4.90 Å². The molecule has 1 aliphatic heterocycles. The van der Waals surface area contributed by atoms with Crippen LogP contribution in [0.2, 0.25) is 0 Å². The van der Waals surface area contributed by atoms with Gasteiger partial charge in [-0.3, -0.25) is 0 Å². The lowest BCUT2D eigenvalue weighted by Gasteiger charge is -2.40. The van der Waals surface area contributed by atoms with Crippen molar-refractivity contribution in [2.75, 3.05) is 31.6 Å². The van der Waals surface area contributed by atoms with Gasteiger partial charge in [-0.15, -0.1) is 0 Å². The minimum Gasteiger partial charge on any atom is -0.389 e. The van der Waals surface area contributed by atoms with Crippen molar-refractivity contribution in [3.63, 3.8) is 0 Å². The van der Waals surface area contributed by atoms with Crippen LogP contribution in [0, 0.1) is 11.6 Å². The van der Waals surface area contributed by atoms with E-state index in [1.165, 1.54) is 6.07 Å². The fraction of sp³-hybridized carbons (Fsp3) is 0.462. The molecule has 0 bridgehead atoms. The highest BCUT2D eigenvalue weighted by Crippen LogP contribution is 2.27. The Morgan fingerprint density at radius 3 is 2.58 bits per heavy atom. The van der Waals surface area contributed by atoms with Crippen molar-refractivity contribution in [2.45, 2.75) is 13.0 Å². The van der Waals surface area contributed by atoms with E-state index in [4.69, 9.17) is 18.0 Å². The molecule has 1 heterocycles. The normalized spacial score (nSPS) is 20.6. The Kier molecular flexibility index (Phi) is 4.01. The second-order valence-corrected chi connectivity index (χ2v) is 5.37. The molecule has 1 saturated heterocycles. The average molecular weight is 285 g/mol. The fourth-order valence-electron chi connectivity index (χ4n) is 2.45. The van der Waals surface area contributed by atoms with E-state index in [2.05, 4.69) is 4.90 Å². The Hall–Kier alpha value is -1.27. The Morgan fingerprint density at radius 1 is 1.32 bits per heavy atom. The van der Waals surface area contributed by atoms with Crippen LogP contribution < -0.4 is 10.6 Å². The number of nitrogens with zero attached hydrogens (tertiary/aromatic N) is 2. The van der Waals surface area contributed by atoms with Gasteiger partial charge in [0, 0.05) is 31.2 Å². The molecule has 0 aliphatic carbocycles. The molecule has 0 spiro atoms. The summed E-state index contributed by atoms with van der Waals surface area (Å²) in [5, 5.41) is 0. The SMILES string of the molecule is CC1CN(C)CCN1c1ccc(C(N)=S)c(F)c1F. The van der Waals surface area contributed by atoms with E-state index >= 15 is 0 Å². The van der Waals surface area contributed by atoms with E-state index in [0.29, 0.717) is 6.54 Å². The summed E-state index contributed by atoms with van der Waals surface area (Å²) in [4.78, 5) is 3.91. The van der Waals surface area contributed by atoms with E-state index in [9.17, 15) is 8.78 Å². The van der Waals surface area contributed by atoms with Crippen molar-refractivity contribution in [3.8, 4) is 0 Å². The lowest BCUT2D eigenvalue weighted by molar-refractivity contribution is 0.274. The van der Waals surface area contributed by atoms with E-state index in [0.717, 1.165) is 13.1 Å². The summed E-state index contributed by atoms with van der Waals surface area (Å²) in [6, 6.07) is 3.12. The second kappa shape index (κ2) is 5.38. The highest BCUT2D eigenvalue weighted by molar-refractivity contribution is 7.80. The Labute approximate surface area is 117 Å². The highest BCUT2D eigenvalue weighted by atomic mass is 32.1. The number of rotatable bonds is 2. The number of thiocarbonyl (C=S) groups is 1. The summed E-state index contributed by atoms with van der Waals surface area (Å²) in [5.41, 5.74) is 5.59. The summed E-state index contributed by atoms with van der Waals surface area (Å²) in [6.07, 6.45) is 0. The van der Waals surface area contributed by atoms with Crippen molar-refractivity contribution in [2.24, 2.45) is 5.73 Å². The van der Waals surface area contributed by atoms with Gasteiger partial charge in [0.1, 0.15) is 4.99 Å². The molecule has 6 heteroatoms. The number of likely N-dealkylation sites (N-methyl/N-ethyl adjacent to an activating group) is 1. The third kappa shape index (κ3) is 2.69. The molecule has 1 fully saturated rings. The smallest absolute Gasteiger partial charge is 0.182 e. The first-order valence-electron chi connectivity index (χ1n) is 6.14. The van der Waals surface area contributed by atoms with Crippen molar-refractivity contribution in [3.05, 3.63) is 29.3 Å². The van der Waals surface area contributed by atoms with Gasteiger partial charge in [-0.2, -0.15) is 0 Å². The van der Waals surface area contributed by atoms with Gasteiger partial charge in [-0.05, 0) is 26.1 Å². The zero-order valence-electron chi connectivity index (χ0n) is 11.0. The van der Waals surface area contributed by atoms with E-state index in [-0.39, 0.29) is 22.3 Å². The maximum Gasteiger partial charge on any atom is 0.182 e. The van der Waals surface area contributed by atoms with Gasteiger partial charge >= 0.3 is 0 Å². The average Bonchev–Trinajstić information content (AvgIpc) is 2.33. The molecule has 0 radical (unpaired) electrons. The van der Waals surface area contributed by atoms with Gasteiger partial charge in [0.2, 0.25) is 0 Å². The van der Waals surface area contributed by atoms with Gasteiger partial charge in [0.05, 0.1) is 5.69 Å². The monoisotopic (exact) mass is 285 g/mol. The first-order chi connectivity index (χ1) is 8.91. The second-order valence-electron chi connectivity index (χ2n) is 4.93. The van der Waals surface area contributed by atoms with Crippen LogP contribution in [0.3, 0.4) is 0 Å². The molecular weight excluding hydrogens is 268 g/mol. The standard InChI is InChI=1S/C13H17F2N3S/c1-8-7-17(2)5-6-18(8)10-4-3-9(13(16)19)11(14)12(10)15/h3-4,8H,5-7H2,1-2H3,(H2,16,19). The highest BCUT2D eigenvalue weighted by Gasteiger charge is 2.26. The zero-order chi connectivity index (χ0) is 14.2. The van der Waals surface area contributed by atoms with Crippen molar-refractivity contribution < 1.29 is 8.78 Å². The number of benzene rings is 1. The van der Waals surface area contributed by atoms with Crippen molar-refractivity contribution >= 4 is 22.9 Å². The molecule has 0 saturated carbocycles. The molecule has 0 aromatic heterocycles. The van der Waals surface area contributed by atoms with Gasteiger partial charge in [-0.25, -0.2) is 8.78 Å². The molecule has 2 rings (SSSR count). The van der Waals surface area contributed by atoms with Crippen LogP contribution in [0.4, 0.5) is 14.5 Å². The summed E-state index contributed by atoms with van der Waals surface area (Å²) in [7, 11) is 2.01. The molecule has 3 nitrogen and oxygen atoms in total. The fourth-order valence-corrected chi connectivity index (χ4v) is 2.61. The molecule has 0 amide bonds. The molecule has 2 N–H and O–H groups in total. The maximum atomic E-state index is 14.1. The Morgan fingerprint density at radius 2 is 2.00 bits per heavy atom. The molecule has 1 aromatic carbocycles. The van der Waals surface area contributed by atoms with Gasteiger partial charge in [0.15, 0.2) is 11.6 Å². The third-order valence-electron chi connectivity index (χ3n) is 3.47. The van der Waals surface area contributed by atoms with E-state index in [1.54, 1.807) is 6.07 Å². The number of anilines is 1. The topological polar surface area (TPSA) is 32.5 Å². The molecule has 1 aromatic rings. The van der Waals surface area contributed by atoms with Gasteiger partial charge in [-0.1, -0.05) is 12.2 Å². The number of hydrogen-bond acceptors (Lipinski definition) is 3. The Balaban J connectivity index is 2.36. The van der Waals surface area contributed by atoms with Gasteiger partial charge < -0.3 is 15.5 Å². The summed E-state index contributed by atoms with van der Waals surface area (Å²) >= 11 is 4.70. The third-order valence-corrected chi connectivity index (χ3v) is 3.69. The van der Waals surface area contributed by atoms with E-state index in [1.807, 2.05) is 18.9 Å². The summed E-state index contributed by atoms with van der Waals surface area (Å²) in [6.45, 7) is 4.30. The molecule has 19 heavy (non-hydrogen) atoms. The molecule has 1 aliphatic rings. The quantitative estimate of drug-likeness (QED) is 0.839. The predicted molar refractivity (Wildman–Crippen MR) is 76.6 cm³/mol. The number of piperazine rings is 1. The van der Waals surface area contributed by atoms with Crippen LogP contribution in [0.15, 0.2) is 12.1 Å². The molecule has 1 atom stereocenters. The maximum absolute atomic E-state index is 14.1. The van der Waals surface area contributed by atoms with Crippen LogP contribution >= 0.6 is 12.2 Å². The first-order valence-corrected chi connectivity index (χ1v) is 6.55. The van der Waals surface area contributed by atoms with Gasteiger partial charge in [0.25, 0.3) is 0 Å². The van der Waals surface area contributed by atoms with Crippen LogP contribution in [0.1, 0.15) is 12.5 Å². The van der Waals surface area contributed by atoms with Crippen LogP contribution in [0.25, 0.3) is 0 Å². The molecular formula is C13H17F2N3S. The van der Waals surface area contributed by atoms with Crippen LogP contribution in [0.5, 0.6) is 0 Å². The summed E-state index contributed by atoms with van der Waals surface area (Å²) < 4.78 is 28.0. The lowest BCUT2D eigenvalue weighted by atomic mass is 10.1. The zero-order valence-corrected chi connectivity index (χ0v) is 11.8. The first kappa shape index (κ1) is 14.1. The molecule has 1 unspecified atom stereocenters. The number of hydrogen-bond donors (Lipinski definition) is 1. The lowest BCUT2D eigenvalue weighted by Crippen LogP contribution is -2.50. The number of halogens is 2. The minimum atomic E-state index is -0.962. The Bertz CT molecular complexity index is 507.